The van der Waals surface area contributed by atoms with Crippen molar-refractivity contribution < 1.29 is 9.18 Å². The van der Waals surface area contributed by atoms with Crippen LogP contribution in [0.4, 0.5) is 10.1 Å². The van der Waals surface area contributed by atoms with Crippen molar-refractivity contribution in [2.75, 3.05) is 11.4 Å². The van der Waals surface area contributed by atoms with Crippen LogP contribution in [0.2, 0.25) is 0 Å². The zero-order chi connectivity index (χ0) is 14.3. The van der Waals surface area contributed by atoms with Gasteiger partial charge in [0, 0.05) is 16.4 Å². The number of hydrogen-bond acceptors (Lipinski definition) is 3. The number of halogens is 2. The Morgan fingerprint density at radius 2 is 2.30 bits per heavy atom. The third kappa shape index (κ3) is 2.38. The molecule has 1 aliphatic heterocycles. The molecular weight excluding hydrogens is 343 g/mol. The Kier molecular flexibility index (Phi) is 3.60. The fourth-order valence-corrected chi connectivity index (χ4v) is 3.52. The first-order valence-corrected chi connectivity index (χ1v) is 7.95. The molecule has 2 aromatic rings. The average molecular weight is 355 g/mol. The summed E-state index contributed by atoms with van der Waals surface area (Å²) >= 11 is 4.72. The Hall–Kier alpha value is -1.27. The van der Waals surface area contributed by atoms with Crippen LogP contribution in [0.1, 0.15) is 27.5 Å². The molecular formula is C14H12BrFN2OS. The molecule has 0 spiro atoms. The normalized spacial score (nSPS) is 14.2. The van der Waals surface area contributed by atoms with Crippen molar-refractivity contribution in [2.24, 2.45) is 0 Å². The number of aryl methyl sites for hydroxylation is 2. The number of rotatable bonds is 1. The summed E-state index contributed by atoms with van der Waals surface area (Å²) < 4.78 is 14.9. The van der Waals surface area contributed by atoms with Crippen molar-refractivity contribution in [3.05, 3.63) is 44.1 Å². The predicted octanol–water partition coefficient (Wildman–Crippen LogP) is 3.95. The molecule has 1 aromatic heterocycles. The minimum absolute atomic E-state index is 0.225. The van der Waals surface area contributed by atoms with Gasteiger partial charge in [-0.05, 0) is 37.5 Å². The summed E-state index contributed by atoms with van der Waals surface area (Å²) in [6, 6.07) is 3.28. The van der Waals surface area contributed by atoms with Gasteiger partial charge in [-0.3, -0.25) is 4.79 Å². The van der Waals surface area contributed by atoms with E-state index < -0.39 is 0 Å². The molecule has 2 heterocycles. The largest absolute Gasteiger partial charge is 0.304 e. The van der Waals surface area contributed by atoms with Gasteiger partial charge in [-0.25, -0.2) is 9.37 Å². The van der Waals surface area contributed by atoms with Gasteiger partial charge < -0.3 is 4.90 Å². The van der Waals surface area contributed by atoms with Gasteiger partial charge in [0.25, 0.3) is 5.91 Å². The second-order valence-electron chi connectivity index (χ2n) is 4.71. The number of thiazole rings is 1. The van der Waals surface area contributed by atoms with Gasteiger partial charge in [0.05, 0.1) is 10.7 Å². The van der Waals surface area contributed by atoms with Crippen LogP contribution in [0.3, 0.4) is 0 Å². The van der Waals surface area contributed by atoms with E-state index in [0.717, 1.165) is 23.4 Å². The SMILES string of the molecule is Cc1nc(C(=O)N2CCCc3cc(Br)cc(F)c32)cs1. The van der Waals surface area contributed by atoms with Gasteiger partial charge >= 0.3 is 0 Å². The molecule has 104 valence electrons. The van der Waals surface area contributed by atoms with Crippen molar-refractivity contribution >= 4 is 38.9 Å². The Morgan fingerprint density at radius 1 is 1.50 bits per heavy atom. The van der Waals surface area contributed by atoms with E-state index in [0.29, 0.717) is 22.4 Å². The smallest absolute Gasteiger partial charge is 0.277 e. The summed E-state index contributed by atoms with van der Waals surface area (Å²) in [5.41, 5.74) is 1.65. The molecule has 1 amide bonds. The van der Waals surface area contributed by atoms with Crippen LogP contribution in [0.15, 0.2) is 22.0 Å². The summed E-state index contributed by atoms with van der Waals surface area (Å²) in [4.78, 5) is 18.2. The van der Waals surface area contributed by atoms with Crippen LogP contribution >= 0.6 is 27.3 Å². The highest BCUT2D eigenvalue weighted by molar-refractivity contribution is 9.10. The van der Waals surface area contributed by atoms with E-state index in [2.05, 4.69) is 20.9 Å². The molecule has 3 rings (SSSR count). The molecule has 1 aromatic carbocycles. The topological polar surface area (TPSA) is 33.2 Å². The highest BCUT2D eigenvalue weighted by atomic mass is 79.9. The van der Waals surface area contributed by atoms with Crippen molar-refractivity contribution in [3.8, 4) is 0 Å². The molecule has 0 bridgehead atoms. The first kappa shape index (κ1) is 13.7. The molecule has 0 aliphatic carbocycles. The molecule has 0 N–H and O–H groups in total. The number of fused-ring (bicyclic) bond motifs is 1. The van der Waals surface area contributed by atoms with E-state index in [9.17, 15) is 9.18 Å². The van der Waals surface area contributed by atoms with Gasteiger partial charge in [0.1, 0.15) is 11.5 Å². The molecule has 6 heteroatoms. The van der Waals surface area contributed by atoms with E-state index in [-0.39, 0.29) is 11.7 Å². The van der Waals surface area contributed by atoms with Crippen LogP contribution in [-0.4, -0.2) is 17.4 Å². The molecule has 0 unspecified atom stereocenters. The Bertz CT molecular complexity index is 686. The monoisotopic (exact) mass is 354 g/mol. The van der Waals surface area contributed by atoms with Crippen molar-refractivity contribution in [3.63, 3.8) is 0 Å². The van der Waals surface area contributed by atoms with E-state index in [4.69, 9.17) is 0 Å². The van der Waals surface area contributed by atoms with E-state index >= 15 is 0 Å². The second-order valence-corrected chi connectivity index (χ2v) is 6.69. The van der Waals surface area contributed by atoms with E-state index in [1.165, 1.54) is 22.3 Å². The fraction of sp³-hybridized carbons (Fsp3) is 0.286. The lowest BCUT2D eigenvalue weighted by Gasteiger charge is -2.29. The lowest BCUT2D eigenvalue weighted by atomic mass is 10.0. The van der Waals surface area contributed by atoms with E-state index in [1.807, 2.05) is 13.0 Å². The zero-order valence-electron chi connectivity index (χ0n) is 10.8. The van der Waals surface area contributed by atoms with Crippen LogP contribution in [0.5, 0.6) is 0 Å². The third-order valence-corrected chi connectivity index (χ3v) is 4.52. The Morgan fingerprint density at radius 3 is 3.00 bits per heavy atom. The fourth-order valence-electron chi connectivity index (χ4n) is 2.45. The van der Waals surface area contributed by atoms with Crippen LogP contribution in [-0.2, 0) is 6.42 Å². The third-order valence-electron chi connectivity index (χ3n) is 3.29. The summed E-state index contributed by atoms with van der Waals surface area (Å²) in [6.45, 7) is 2.38. The molecule has 1 aliphatic rings. The highest BCUT2D eigenvalue weighted by Crippen LogP contribution is 2.33. The Labute approximate surface area is 128 Å². The number of hydrogen-bond donors (Lipinski definition) is 0. The quantitative estimate of drug-likeness (QED) is 0.776. The number of benzene rings is 1. The number of anilines is 1. The summed E-state index contributed by atoms with van der Waals surface area (Å²) in [6.07, 6.45) is 1.61. The molecule has 0 atom stereocenters. The number of carbonyl (C=O) groups is 1. The van der Waals surface area contributed by atoms with Crippen molar-refractivity contribution in [2.45, 2.75) is 19.8 Å². The molecule has 3 nitrogen and oxygen atoms in total. The lowest BCUT2D eigenvalue weighted by molar-refractivity contribution is 0.0980. The predicted molar refractivity (Wildman–Crippen MR) is 80.9 cm³/mol. The first-order valence-electron chi connectivity index (χ1n) is 6.28. The van der Waals surface area contributed by atoms with Crippen molar-refractivity contribution in [1.82, 2.24) is 4.98 Å². The standard InChI is InChI=1S/C14H12BrFN2OS/c1-8-17-12(7-20-8)14(19)18-4-2-3-9-5-10(15)6-11(16)13(9)18/h5-7H,2-4H2,1H3. The number of nitrogens with zero attached hydrogens (tertiary/aromatic N) is 2. The van der Waals surface area contributed by atoms with Gasteiger partial charge in [0.15, 0.2) is 0 Å². The molecule has 0 saturated carbocycles. The maximum Gasteiger partial charge on any atom is 0.277 e. The van der Waals surface area contributed by atoms with E-state index in [1.54, 1.807) is 5.38 Å². The zero-order valence-corrected chi connectivity index (χ0v) is 13.2. The summed E-state index contributed by atoms with van der Waals surface area (Å²) in [5.74, 6) is -0.592. The number of aromatic nitrogens is 1. The highest BCUT2D eigenvalue weighted by Gasteiger charge is 2.28. The minimum atomic E-state index is -0.366. The first-order chi connectivity index (χ1) is 9.56. The van der Waals surface area contributed by atoms with Gasteiger partial charge in [-0.2, -0.15) is 0 Å². The van der Waals surface area contributed by atoms with Gasteiger partial charge in [-0.1, -0.05) is 15.9 Å². The maximum absolute atomic E-state index is 14.2. The summed E-state index contributed by atoms with van der Waals surface area (Å²) in [7, 11) is 0. The molecule has 0 saturated heterocycles. The molecule has 20 heavy (non-hydrogen) atoms. The number of carbonyl (C=O) groups excluding carboxylic acids is 1. The van der Waals surface area contributed by atoms with Crippen LogP contribution in [0.25, 0.3) is 0 Å². The Balaban J connectivity index is 2.04. The lowest BCUT2D eigenvalue weighted by Crippen LogP contribution is -2.36. The molecule has 0 fully saturated rings. The average Bonchev–Trinajstić information content (AvgIpc) is 2.83. The minimum Gasteiger partial charge on any atom is -0.304 e. The van der Waals surface area contributed by atoms with Gasteiger partial charge in [0.2, 0.25) is 0 Å². The second kappa shape index (κ2) is 5.26. The number of amides is 1. The van der Waals surface area contributed by atoms with Crippen LogP contribution < -0.4 is 4.90 Å². The maximum atomic E-state index is 14.2. The van der Waals surface area contributed by atoms with Crippen LogP contribution in [0, 0.1) is 12.7 Å². The van der Waals surface area contributed by atoms with Crippen molar-refractivity contribution in [1.29, 1.82) is 0 Å². The van der Waals surface area contributed by atoms with Gasteiger partial charge in [-0.15, -0.1) is 11.3 Å². The molecule has 0 radical (unpaired) electrons. The summed E-state index contributed by atoms with van der Waals surface area (Å²) in [5, 5.41) is 2.56.